The molecule has 0 aromatic heterocycles. The van der Waals surface area contributed by atoms with Crippen LogP contribution in [0, 0.1) is 6.92 Å². The average Bonchev–Trinajstić information content (AvgIpc) is 3.17. The van der Waals surface area contributed by atoms with Crippen molar-refractivity contribution in [1.82, 2.24) is 0 Å². The van der Waals surface area contributed by atoms with Crippen LogP contribution in [0.4, 0.5) is 0 Å². The van der Waals surface area contributed by atoms with E-state index >= 15 is 0 Å². The molecule has 1 N–H and O–H groups in total. The topological polar surface area (TPSA) is 54.4 Å². The van der Waals surface area contributed by atoms with Gasteiger partial charge >= 0.3 is 0 Å². The van der Waals surface area contributed by atoms with Crippen LogP contribution < -0.4 is 0 Å². The Morgan fingerprint density at radius 1 is 0.443 bits per heavy atom. The molecular formula is C57H88O3S. The third-order valence-corrected chi connectivity index (χ3v) is 13.5. The number of aryl methyl sites for hydroxylation is 1. The maximum Gasteiger partial charge on any atom is 0.185 e. The summed E-state index contributed by atoms with van der Waals surface area (Å²) >= 11 is 0. The molecule has 0 aliphatic rings. The van der Waals surface area contributed by atoms with E-state index < -0.39 is 15.1 Å². The Bertz CT molecular complexity index is 1860. The number of allylic oxidation sites excluding steroid dienone is 18. The Morgan fingerprint density at radius 2 is 0.738 bits per heavy atom. The number of sulfone groups is 1. The summed E-state index contributed by atoms with van der Waals surface area (Å²) in [6.07, 6.45) is 40.7. The zero-order chi connectivity index (χ0) is 45.6. The Kier molecular flexibility index (Phi) is 29.4. The van der Waals surface area contributed by atoms with Crippen molar-refractivity contribution >= 4 is 9.84 Å². The maximum atomic E-state index is 13.6. The van der Waals surface area contributed by atoms with Gasteiger partial charge in [-0.3, -0.25) is 0 Å². The van der Waals surface area contributed by atoms with Crippen molar-refractivity contribution < 1.29 is 13.5 Å². The van der Waals surface area contributed by atoms with Crippen molar-refractivity contribution in [3.8, 4) is 0 Å². The molecule has 0 bridgehead atoms. The zero-order valence-electron chi connectivity index (χ0n) is 41.1. The fourth-order valence-corrected chi connectivity index (χ4v) is 9.00. The number of rotatable bonds is 30. The highest BCUT2D eigenvalue weighted by Gasteiger charge is 2.26. The molecule has 1 unspecified atom stereocenters. The van der Waals surface area contributed by atoms with E-state index in [9.17, 15) is 13.5 Å². The van der Waals surface area contributed by atoms with Crippen LogP contribution in [-0.2, 0) is 9.84 Å². The van der Waals surface area contributed by atoms with Gasteiger partial charge in [0.05, 0.1) is 16.8 Å². The van der Waals surface area contributed by atoms with Gasteiger partial charge in [-0.05, 0) is 204 Å². The minimum absolute atomic E-state index is 0.0891. The lowest BCUT2D eigenvalue weighted by molar-refractivity contribution is 0.341. The number of benzene rings is 1. The van der Waals surface area contributed by atoms with Crippen LogP contribution in [0.3, 0.4) is 0 Å². The average molecular weight is 853 g/mol. The van der Waals surface area contributed by atoms with Crippen LogP contribution in [0.15, 0.2) is 146 Å². The molecular weight excluding hydrogens is 765 g/mol. The molecule has 1 aromatic rings. The first-order valence-corrected chi connectivity index (χ1v) is 24.9. The van der Waals surface area contributed by atoms with Crippen molar-refractivity contribution in [1.29, 1.82) is 0 Å². The van der Waals surface area contributed by atoms with Gasteiger partial charge in [0.1, 0.15) is 0 Å². The first-order valence-electron chi connectivity index (χ1n) is 23.4. The van der Waals surface area contributed by atoms with Gasteiger partial charge in [0, 0.05) is 0 Å². The second kappa shape index (κ2) is 32.2. The molecule has 0 heterocycles. The first kappa shape index (κ1) is 55.5. The van der Waals surface area contributed by atoms with E-state index in [2.05, 4.69) is 111 Å². The third-order valence-electron chi connectivity index (χ3n) is 11.5. The van der Waals surface area contributed by atoms with Crippen LogP contribution in [-0.4, -0.2) is 25.4 Å². The lowest BCUT2D eigenvalue weighted by Gasteiger charge is -2.16. The second-order valence-corrected chi connectivity index (χ2v) is 20.5. The van der Waals surface area contributed by atoms with Crippen molar-refractivity contribution in [2.45, 2.75) is 202 Å². The van der Waals surface area contributed by atoms with Crippen molar-refractivity contribution in [3.63, 3.8) is 0 Å². The fourth-order valence-electron chi connectivity index (χ4n) is 7.24. The summed E-state index contributed by atoms with van der Waals surface area (Å²) < 4.78 is 27.2. The van der Waals surface area contributed by atoms with E-state index in [4.69, 9.17) is 0 Å². The Hall–Kier alpha value is -3.47. The summed E-state index contributed by atoms with van der Waals surface area (Å²) in [7, 11) is -3.55. The van der Waals surface area contributed by atoms with Gasteiger partial charge in [0.15, 0.2) is 9.84 Å². The second-order valence-electron chi connectivity index (χ2n) is 18.3. The SMILES string of the molecule is CC(C)=CCC/C(C)=C/CC/C(C)=C/CC/C(C)=C/CC/C(C)=C/CC/C(C)=C/CC/C(C)=C/CC/C(C)=C/CC/C(C)=C/C(C/C(C)=C/CO)S(=O)(=O)c1ccc(C)cc1. The highest BCUT2D eigenvalue weighted by molar-refractivity contribution is 7.92. The Morgan fingerprint density at radius 3 is 1.03 bits per heavy atom. The van der Waals surface area contributed by atoms with E-state index in [1.54, 1.807) is 18.2 Å². The molecule has 4 heteroatoms. The summed E-state index contributed by atoms with van der Waals surface area (Å²) in [5, 5.41) is 8.70. The van der Waals surface area contributed by atoms with E-state index in [0.29, 0.717) is 11.3 Å². The normalized spacial score (nSPS) is 15.1. The molecule has 0 amide bonds. The van der Waals surface area contributed by atoms with Gasteiger partial charge < -0.3 is 5.11 Å². The third kappa shape index (κ3) is 28.0. The Labute approximate surface area is 377 Å². The van der Waals surface area contributed by atoms with Gasteiger partial charge in [-0.2, -0.15) is 0 Å². The predicted octanol–water partition coefficient (Wildman–Crippen LogP) is 17.2. The van der Waals surface area contributed by atoms with Gasteiger partial charge in [-0.25, -0.2) is 8.42 Å². The van der Waals surface area contributed by atoms with Gasteiger partial charge in [-0.1, -0.05) is 134 Å². The van der Waals surface area contributed by atoms with E-state index in [1.807, 2.05) is 39.0 Å². The molecule has 61 heavy (non-hydrogen) atoms. The van der Waals surface area contributed by atoms with Crippen LogP contribution in [0.5, 0.6) is 0 Å². The molecule has 0 saturated heterocycles. The van der Waals surface area contributed by atoms with Crippen LogP contribution in [0.2, 0.25) is 0 Å². The molecule has 1 aromatic carbocycles. The highest BCUT2D eigenvalue weighted by Crippen LogP contribution is 2.25. The van der Waals surface area contributed by atoms with Gasteiger partial charge in [0.2, 0.25) is 0 Å². The number of hydrogen-bond donors (Lipinski definition) is 1. The molecule has 3 nitrogen and oxygen atoms in total. The quantitative estimate of drug-likeness (QED) is 0.0785. The standard InChI is InChI=1S/C57H88O3S/c1-45(2)21-13-22-46(3)23-14-24-47(4)25-15-26-48(5)27-16-28-49(6)29-17-30-50(7)31-18-32-51(8)33-19-34-52(9)35-20-36-54(11)43-57(44-55(12)41-42-58)61(59,60)56-39-37-53(10)38-40-56/h21,23,25,27,29,31,33,35,37-41,43,57-58H,13-20,22,24,26,28,30,32,34,36,42,44H2,1-12H3/b46-23+,47-25+,48-27+,49-29+,50-31+,51-33+,52-35+,54-43+,55-41+. The smallest absolute Gasteiger partial charge is 0.185 e. The summed E-state index contributed by atoms with van der Waals surface area (Å²) in [5.41, 5.74) is 14.8. The summed E-state index contributed by atoms with van der Waals surface area (Å²) in [6.45, 7) is 26.0. The molecule has 0 aliphatic heterocycles. The lowest BCUT2D eigenvalue weighted by atomic mass is 10.0. The summed E-state index contributed by atoms with van der Waals surface area (Å²) in [5.74, 6) is 0. The molecule has 1 atom stereocenters. The number of hydrogen-bond acceptors (Lipinski definition) is 3. The fraction of sp³-hybridized carbons (Fsp3) is 0.544. The van der Waals surface area contributed by atoms with Crippen molar-refractivity contribution in [2.24, 2.45) is 0 Å². The first-order chi connectivity index (χ1) is 28.9. The molecule has 0 radical (unpaired) electrons. The van der Waals surface area contributed by atoms with Crippen LogP contribution >= 0.6 is 0 Å². The molecule has 0 spiro atoms. The van der Waals surface area contributed by atoms with Crippen molar-refractivity contribution in [3.05, 3.63) is 146 Å². The largest absolute Gasteiger partial charge is 0.392 e. The molecule has 0 fully saturated rings. The monoisotopic (exact) mass is 853 g/mol. The van der Waals surface area contributed by atoms with E-state index in [0.717, 1.165) is 107 Å². The zero-order valence-corrected chi connectivity index (χ0v) is 41.9. The van der Waals surface area contributed by atoms with Gasteiger partial charge in [-0.15, -0.1) is 0 Å². The molecule has 0 aliphatic carbocycles. The van der Waals surface area contributed by atoms with Crippen LogP contribution in [0.1, 0.15) is 191 Å². The minimum Gasteiger partial charge on any atom is -0.392 e. The van der Waals surface area contributed by atoms with Gasteiger partial charge in [0.25, 0.3) is 0 Å². The van der Waals surface area contributed by atoms with Crippen molar-refractivity contribution in [2.75, 3.05) is 6.61 Å². The summed E-state index contributed by atoms with van der Waals surface area (Å²) in [4.78, 5) is 0.345. The maximum absolute atomic E-state index is 13.6. The van der Waals surface area contributed by atoms with E-state index in [-0.39, 0.29) is 6.61 Å². The molecule has 0 saturated carbocycles. The predicted molar refractivity (Wildman–Crippen MR) is 271 cm³/mol. The number of aliphatic hydroxyl groups is 1. The highest BCUT2D eigenvalue weighted by atomic mass is 32.2. The van der Waals surface area contributed by atoms with E-state index in [1.165, 1.54) is 57.4 Å². The molecule has 1 rings (SSSR count). The minimum atomic E-state index is -3.55. The lowest BCUT2D eigenvalue weighted by Crippen LogP contribution is -2.20. The Balaban J connectivity index is 2.43. The number of aliphatic hydroxyl groups excluding tert-OH is 1. The van der Waals surface area contributed by atoms with Crippen LogP contribution in [0.25, 0.3) is 0 Å². The summed E-state index contributed by atoms with van der Waals surface area (Å²) in [6, 6.07) is 7.09. The molecule has 340 valence electrons.